The molecule has 17 heavy (non-hydrogen) atoms. The van der Waals surface area contributed by atoms with Gasteiger partial charge >= 0.3 is 0 Å². The van der Waals surface area contributed by atoms with Gasteiger partial charge in [-0.05, 0) is 26.0 Å². The maximum Gasteiger partial charge on any atom is 0.159 e. The van der Waals surface area contributed by atoms with Crippen molar-refractivity contribution in [3.05, 3.63) is 47.3 Å². The minimum Gasteiger partial charge on any atom is -0.360 e. The molecule has 0 amide bonds. The van der Waals surface area contributed by atoms with Crippen molar-refractivity contribution in [2.45, 2.75) is 24.5 Å². The van der Waals surface area contributed by atoms with Crippen LogP contribution in [0.25, 0.3) is 0 Å². The van der Waals surface area contributed by atoms with Crippen molar-refractivity contribution in [3.63, 3.8) is 0 Å². The number of rotatable bonds is 4. The summed E-state index contributed by atoms with van der Waals surface area (Å²) in [6.45, 7) is 3.47. The van der Waals surface area contributed by atoms with Gasteiger partial charge in [0.1, 0.15) is 5.76 Å². The van der Waals surface area contributed by atoms with Gasteiger partial charge in [-0.2, -0.15) is 0 Å². The molecule has 0 atom stereocenters. The first kappa shape index (κ1) is 11.9. The SMILES string of the molecule is CC(=O)c1ccc(SCc2cc(C)no2)cc1. The number of aromatic nitrogens is 1. The third-order valence-electron chi connectivity index (χ3n) is 2.32. The standard InChI is InChI=1S/C13H13NO2S/c1-9-7-12(16-14-9)8-17-13-5-3-11(4-6-13)10(2)15/h3-7H,8H2,1-2H3. The van der Waals surface area contributed by atoms with Crippen molar-refractivity contribution >= 4 is 17.5 Å². The Hall–Kier alpha value is -1.55. The quantitative estimate of drug-likeness (QED) is 0.613. The first-order chi connectivity index (χ1) is 8.15. The fourth-order valence-electron chi connectivity index (χ4n) is 1.42. The molecular formula is C13H13NO2S. The molecule has 0 saturated heterocycles. The molecule has 1 heterocycles. The number of carbonyl (C=O) groups is 1. The molecule has 0 spiro atoms. The highest BCUT2D eigenvalue weighted by atomic mass is 32.2. The lowest BCUT2D eigenvalue weighted by atomic mass is 10.2. The van der Waals surface area contributed by atoms with Crippen LogP contribution in [0.15, 0.2) is 39.8 Å². The molecule has 0 aliphatic heterocycles. The molecule has 4 heteroatoms. The zero-order chi connectivity index (χ0) is 12.3. The lowest BCUT2D eigenvalue weighted by Gasteiger charge is -2.00. The summed E-state index contributed by atoms with van der Waals surface area (Å²) in [5.74, 6) is 1.70. The second kappa shape index (κ2) is 5.19. The average molecular weight is 247 g/mol. The molecule has 0 aliphatic carbocycles. The molecule has 0 radical (unpaired) electrons. The van der Waals surface area contributed by atoms with Gasteiger partial charge in [0.25, 0.3) is 0 Å². The van der Waals surface area contributed by atoms with Gasteiger partial charge in [0.2, 0.25) is 0 Å². The number of hydrogen-bond donors (Lipinski definition) is 0. The van der Waals surface area contributed by atoms with Crippen molar-refractivity contribution in [1.29, 1.82) is 0 Å². The van der Waals surface area contributed by atoms with E-state index >= 15 is 0 Å². The van der Waals surface area contributed by atoms with Crippen LogP contribution in [0.2, 0.25) is 0 Å². The van der Waals surface area contributed by atoms with Crippen LogP contribution in [0.3, 0.4) is 0 Å². The Labute approximate surface area is 104 Å². The van der Waals surface area contributed by atoms with Gasteiger partial charge in [0.15, 0.2) is 5.78 Å². The van der Waals surface area contributed by atoms with Crippen molar-refractivity contribution < 1.29 is 9.32 Å². The van der Waals surface area contributed by atoms with Crippen molar-refractivity contribution in [3.8, 4) is 0 Å². The Morgan fingerprint density at radius 2 is 2.06 bits per heavy atom. The average Bonchev–Trinajstić information content (AvgIpc) is 2.73. The Kier molecular flexibility index (Phi) is 3.64. The van der Waals surface area contributed by atoms with E-state index in [-0.39, 0.29) is 5.78 Å². The Balaban J connectivity index is 1.97. The minimum absolute atomic E-state index is 0.0902. The van der Waals surface area contributed by atoms with Crippen LogP contribution in [0.5, 0.6) is 0 Å². The number of carbonyl (C=O) groups excluding carboxylic acids is 1. The highest BCUT2D eigenvalue weighted by molar-refractivity contribution is 7.98. The second-order valence-corrected chi connectivity index (χ2v) is 4.85. The van der Waals surface area contributed by atoms with E-state index < -0.39 is 0 Å². The largest absolute Gasteiger partial charge is 0.360 e. The number of Topliss-reactive ketones (excluding diaryl/α,β-unsaturated/α-hetero) is 1. The van der Waals surface area contributed by atoms with Crippen molar-refractivity contribution in [2.24, 2.45) is 0 Å². The van der Waals surface area contributed by atoms with Gasteiger partial charge in [-0.15, -0.1) is 11.8 Å². The van der Waals surface area contributed by atoms with E-state index in [4.69, 9.17) is 4.52 Å². The van der Waals surface area contributed by atoms with Crippen LogP contribution in [0.4, 0.5) is 0 Å². The van der Waals surface area contributed by atoms with Crippen LogP contribution in [-0.2, 0) is 5.75 Å². The first-order valence-electron chi connectivity index (χ1n) is 5.31. The monoisotopic (exact) mass is 247 g/mol. The molecule has 0 unspecified atom stereocenters. The van der Waals surface area contributed by atoms with E-state index in [1.54, 1.807) is 18.7 Å². The van der Waals surface area contributed by atoms with E-state index in [0.717, 1.165) is 27.7 Å². The van der Waals surface area contributed by atoms with Gasteiger partial charge in [-0.1, -0.05) is 17.3 Å². The van der Waals surface area contributed by atoms with Gasteiger partial charge in [0, 0.05) is 16.5 Å². The predicted octanol–water partition coefficient (Wildman–Crippen LogP) is 3.48. The molecule has 1 aromatic heterocycles. The van der Waals surface area contributed by atoms with Crippen molar-refractivity contribution in [1.82, 2.24) is 5.16 Å². The smallest absolute Gasteiger partial charge is 0.159 e. The molecule has 1 aromatic carbocycles. The summed E-state index contributed by atoms with van der Waals surface area (Å²) in [6, 6.07) is 9.51. The number of aryl methyl sites for hydroxylation is 1. The summed E-state index contributed by atoms with van der Waals surface area (Å²) in [6.07, 6.45) is 0. The fraction of sp³-hybridized carbons (Fsp3) is 0.231. The van der Waals surface area contributed by atoms with E-state index in [0.29, 0.717) is 0 Å². The Morgan fingerprint density at radius 3 is 2.59 bits per heavy atom. The number of benzene rings is 1. The topological polar surface area (TPSA) is 43.1 Å². The maximum absolute atomic E-state index is 11.1. The van der Waals surface area contributed by atoms with Gasteiger partial charge in [-0.25, -0.2) is 0 Å². The van der Waals surface area contributed by atoms with Crippen LogP contribution in [0.1, 0.15) is 28.7 Å². The third-order valence-corrected chi connectivity index (χ3v) is 3.35. The summed E-state index contributed by atoms with van der Waals surface area (Å²) in [4.78, 5) is 12.2. The van der Waals surface area contributed by atoms with E-state index in [1.807, 2.05) is 37.3 Å². The molecule has 0 saturated carbocycles. The normalized spacial score (nSPS) is 10.5. The first-order valence-corrected chi connectivity index (χ1v) is 6.30. The maximum atomic E-state index is 11.1. The predicted molar refractivity (Wildman–Crippen MR) is 67.2 cm³/mol. The zero-order valence-corrected chi connectivity index (χ0v) is 10.6. The summed E-state index contributed by atoms with van der Waals surface area (Å²) >= 11 is 1.66. The Morgan fingerprint density at radius 1 is 1.35 bits per heavy atom. The molecular weight excluding hydrogens is 234 g/mol. The molecule has 0 bridgehead atoms. The number of thioether (sulfide) groups is 1. The van der Waals surface area contributed by atoms with Crippen LogP contribution in [0, 0.1) is 6.92 Å². The summed E-state index contributed by atoms with van der Waals surface area (Å²) in [5, 5.41) is 3.83. The third kappa shape index (κ3) is 3.20. The molecule has 88 valence electrons. The lowest BCUT2D eigenvalue weighted by Crippen LogP contribution is -1.90. The van der Waals surface area contributed by atoms with E-state index in [9.17, 15) is 4.79 Å². The van der Waals surface area contributed by atoms with Gasteiger partial charge in [-0.3, -0.25) is 4.79 Å². The van der Waals surface area contributed by atoms with Crippen LogP contribution >= 0.6 is 11.8 Å². The highest BCUT2D eigenvalue weighted by Gasteiger charge is 2.03. The summed E-state index contributed by atoms with van der Waals surface area (Å²) in [7, 11) is 0. The van der Waals surface area contributed by atoms with Crippen LogP contribution < -0.4 is 0 Å². The molecule has 0 aliphatic rings. The number of nitrogens with zero attached hydrogens (tertiary/aromatic N) is 1. The molecule has 3 nitrogen and oxygen atoms in total. The van der Waals surface area contributed by atoms with E-state index in [2.05, 4.69) is 5.16 Å². The number of hydrogen-bond acceptors (Lipinski definition) is 4. The molecule has 0 N–H and O–H groups in total. The zero-order valence-electron chi connectivity index (χ0n) is 9.77. The summed E-state index contributed by atoms with van der Waals surface area (Å²) in [5.41, 5.74) is 1.64. The van der Waals surface area contributed by atoms with Crippen LogP contribution in [-0.4, -0.2) is 10.9 Å². The lowest BCUT2D eigenvalue weighted by molar-refractivity contribution is 0.101. The Bertz CT molecular complexity index is 516. The summed E-state index contributed by atoms with van der Waals surface area (Å²) < 4.78 is 5.12. The second-order valence-electron chi connectivity index (χ2n) is 3.80. The molecule has 2 rings (SSSR count). The highest BCUT2D eigenvalue weighted by Crippen LogP contribution is 2.23. The van der Waals surface area contributed by atoms with Crippen molar-refractivity contribution in [2.75, 3.05) is 0 Å². The molecule has 0 fully saturated rings. The number of ketones is 1. The van der Waals surface area contributed by atoms with E-state index in [1.165, 1.54) is 0 Å². The minimum atomic E-state index is 0.0902. The van der Waals surface area contributed by atoms with Gasteiger partial charge < -0.3 is 4.52 Å². The molecule has 2 aromatic rings. The fourth-order valence-corrected chi connectivity index (χ4v) is 2.20. The van der Waals surface area contributed by atoms with Gasteiger partial charge in [0.05, 0.1) is 11.4 Å².